The maximum atomic E-state index is 12.0. The fourth-order valence-corrected chi connectivity index (χ4v) is 3.24. The van der Waals surface area contributed by atoms with E-state index >= 15 is 0 Å². The maximum Gasteiger partial charge on any atom is 0.163 e. The van der Waals surface area contributed by atoms with Crippen LogP contribution in [0.4, 0.5) is 0 Å². The van der Waals surface area contributed by atoms with E-state index in [0.717, 1.165) is 21.9 Å². The van der Waals surface area contributed by atoms with Crippen LogP contribution in [-0.2, 0) is 0 Å². The molecule has 0 bridgehead atoms. The first kappa shape index (κ1) is 17.1. The van der Waals surface area contributed by atoms with E-state index in [1.807, 2.05) is 66.7 Å². The molecule has 0 spiro atoms. The summed E-state index contributed by atoms with van der Waals surface area (Å²) in [5.74, 6) is 1.43. The lowest BCUT2D eigenvalue weighted by molar-refractivity contribution is 0.101. The highest BCUT2D eigenvalue weighted by atomic mass is 16.5. The second kappa shape index (κ2) is 7.50. The van der Waals surface area contributed by atoms with Gasteiger partial charge in [0.25, 0.3) is 0 Å². The molecule has 4 aromatic carbocycles. The molecular weight excluding hydrogens is 336 g/mol. The molecule has 0 aliphatic heterocycles. The first-order valence-corrected chi connectivity index (χ1v) is 8.99. The number of Topliss-reactive ketones (excluding diaryl/α,β-unsaturated/α-hetero) is 1. The minimum Gasteiger partial charge on any atom is -0.490 e. The fourth-order valence-electron chi connectivity index (χ4n) is 3.24. The van der Waals surface area contributed by atoms with Crippen molar-refractivity contribution in [2.45, 2.75) is 6.92 Å². The third kappa shape index (κ3) is 3.63. The molecule has 0 amide bonds. The summed E-state index contributed by atoms with van der Waals surface area (Å²) < 4.78 is 11.8. The third-order valence-electron chi connectivity index (χ3n) is 4.58. The zero-order valence-electron chi connectivity index (χ0n) is 15.1. The van der Waals surface area contributed by atoms with Gasteiger partial charge in [0.1, 0.15) is 24.7 Å². The molecule has 3 heteroatoms. The largest absolute Gasteiger partial charge is 0.490 e. The van der Waals surface area contributed by atoms with Gasteiger partial charge in [-0.3, -0.25) is 4.79 Å². The molecule has 0 radical (unpaired) electrons. The Hall–Kier alpha value is -3.33. The van der Waals surface area contributed by atoms with E-state index in [4.69, 9.17) is 9.47 Å². The van der Waals surface area contributed by atoms with Crippen LogP contribution in [-0.4, -0.2) is 19.0 Å². The highest BCUT2D eigenvalue weighted by molar-refractivity contribution is 6.03. The molecule has 0 saturated heterocycles. The van der Waals surface area contributed by atoms with Crippen molar-refractivity contribution in [3.63, 3.8) is 0 Å². The van der Waals surface area contributed by atoms with Crippen LogP contribution in [0, 0.1) is 0 Å². The third-order valence-corrected chi connectivity index (χ3v) is 4.58. The molecule has 27 heavy (non-hydrogen) atoms. The first-order valence-electron chi connectivity index (χ1n) is 8.99. The highest BCUT2D eigenvalue weighted by Crippen LogP contribution is 2.30. The topological polar surface area (TPSA) is 35.5 Å². The van der Waals surface area contributed by atoms with Crippen LogP contribution in [0.15, 0.2) is 78.9 Å². The molecule has 0 aliphatic rings. The Bertz CT molecular complexity index is 1110. The predicted molar refractivity (Wildman–Crippen MR) is 109 cm³/mol. The van der Waals surface area contributed by atoms with E-state index in [2.05, 4.69) is 12.1 Å². The normalized spacial score (nSPS) is 10.9. The summed E-state index contributed by atoms with van der Waals surface area (Å²) in [6, 6.07) is 25.9. The summed E-state index contributed by atoms with van der Waals surface area (Å²) in [4.78, 5) is 12.0. The molecule has 0 atom stereocenters. The van der Waals surface area contributed by atoms with Crippen molar-refractivity contribution in [1.29, 1.82) is 0 Å². The molecule has 0 N–H and O–H groups in total. The van der Waals surface area contributed by atoms with Crippen molar-refractivity contribution in [1.82, 2.24) is 0 Å². The molecule has 0 saturated carbocycles. The van der Waals surface area contributed by atoms with Gasteiger partial charge in [0.2, 0.25) is 0 Å². The van der Waals surface area contributed by atoms with E-state index in [1.165, 1.54) is 5.39 Å². The summed E-state index contributed by atoms with van der Waals surface area (Å²) in [6.07, 6.45) is 0. The lowest BCUT2D eigenvalue weighted by Crippen LogP contribution is -2.11. The van der Waals surface area contributed by atoms with Crippen LogP contribution in [0.5, 0.6) is 11.5 Å². The van der Waals surface area contributed by atoms with E-state index in [1.54, 1.807) is 6.92 Å². The quantitative estimate of drug-likeness (QED) is 0.331. The van der Waals surface area contributed by atoms with Gasteiger partial charge in [0.05, 0.1) is 5.56 Å². The average molecular weight is 356 g/mol. The maximum absolute atomic E-state index is 12.0. The van der Waals surface area contributed by atoms with Gasteiger partial charge in [-0.1, -0.05) is 60.7 Å². The Labute approximate surface area is 158 Å². The summed E-state index contributed by atoms with van der Waals surface area (Å²) in [6.45, 7) is 2.32. The number of benzene rings is 4. The predicted octanol–water partition coefficient (Wildman–Crippen LogP) is 5.65. The Morgan fingerprint density at radius 3 is 2.22 bits per heavy atom. The molecule has 0 heterocycles. The molecular formula is C24H20O3. The zero-order valence-corrected chi connectivity index (χ0v) is 15.1. The smallest absolute Gasteiger partial charge is 0.163 e. The molecule has 134 valence electrons. The lowest BCUT2D eigenvalue weighted by Gasteiger charge is -2.14. The van der Waals surface area contributed by atoms with Crippen LogP contribution in [0.2, 0.25) is 0 Å². The molecule has 0 unspecified atom stereocenters. The summed E-state index contributed by atoms with van der Waals surface area (Å²) >= 11 is 0. The van der Waals surface area contributed by atoms with Gasteiger partial charge in [-0.05, 0) is 41.3 Å². The van der Waals surface area contributed by atoms with Crippen molar-refractivity contribution < 1.29 is 14.3 Å². The molecule has 4 aromatic rings. The van der Waals surface area contributed by atoms with E-state index in [0.29, 0.717) is 24.5 Å². The first-order chi connectivity index (χ1) is 13.2. The molecule has 3 nitrogen and oxygen atoms in total. The molecule has 0 fully saturated rings. The molecule has 4 rings (SSSR count). The monoisotopic (exact) mass is 356 g/mol. The van der Waals surface area contributed by atoms with E-state index in [9.17, 15) is 4.79 Å². The van der Waals surface area contributed by atoms with Crippen molar-refractivity contribution in [2.24, 2.45) is 0 Å². The van der Waals surface area contributed by atoms with Crippen LogP contribution < -0.4 is 9.47 Å². The van der Waals surface area contributed by atoms with Gasteiger partial charge < -0.3 is 9.47 Å². The number of carbonyl (C=O) groups is 1. The zero-order chi connectivity index (χ0) is 18.6. The fraction of sp³-hybridized carbons (Fsp3) is 0.125. The van der Waals surface area contributed by atoms with Crippen molar-refractivity contribution in [2.75, 3.05) is 13.2 Å². The second-order valence-electron chi connectivity index (χ2n) is 6.43. The summed E-state index contributed by atoms with van der Waals surface area (Å²) in [5.41, 5.74) is 0.597. The van der Waals surface area contributed by atoms with Gasteiger partial charge in [-0.2, -0.15) is 0 Å². The van der Waals surface area contributed by atoms with Crippen LogP contribution in [0.25, 0.3) is 21.5 Å². The van der Waals surface area contributed by atoms with Crippen molar-refractivity contribution in [3.8, 4) is 11.5 Å². The molecule has 0 aliphatic carbocycles. The lowest BCUT2D eigenvalue weighted by atomic mass is 10.0. The number of fused-ring (bicyclic) bond motifs is 2. The molecule has 0 aromatic heterocycles. The van der Waals surface area contributed by atoms with Gasteiger partial charge in [-0.15, -0.1) is 0 Å². The second-order valence-corrected chi connectivity index (χ2v) is 6.43. The van der Waals surface area contributed by atoms with Crippen molar-refractivity contribution in [3.05, 3.63) is 84.4 Å². The number of carbonyl (C=O) groups excluding carboxylic acids is 1. The number of rotatable bonds is 6. The van der Waals surface area contributed by atoms with Gasteiger partial charge in [0.15, 0.2) is 5.78 Å². The Kier molecular flexibility index (Phi) is 4.75. The minimum atomic E-state index is -0.00815. The number of ketones is 1. The number of ether oxygens (including phenoxy) is 2. The van der Waals surface area contributed by atoms with Gasteiger partial charge in [-0.25, -0.2) is 0 Å². The minimum absolute atomic E-state index is 0.00815. The SMILES string of the molecule is CC(=O)c1ccc2ccccc2c1OCCOc1ccc2ccccc2c1. The van der Waals surface area contributed by atoms with E-state index in [-0.39, 0.29) is 5.78 Å². The standard InChI is InChI=1S/C24H20O3/c1-17(25)22-13-11-19-7-4-5-9-23(19)24(22)27-15-14-26-21-12-10-18-6-2-3-8-20(18)16-21/h2-13,16H,14-15H2,1H3. The highest BCUT2D eigenvalue weighted by Gasteiger charge is 2.12. The van der Waals surface area contributed by atoms with Crippen molar-refractivity contribution >= 4 is 27.3 Å². The Morgan fingerprint density at radius 1 is 0.741 bits per heavy atom. The van der Waals surface area contributed by atoms with E-state index < -0.39 is 0 Å². The average Bonchev–Trinajstić information content (AvgIpc) is 2.70. The van der Waals surface area contributed by atoms with Crippen LogP contribution >= 0.6 is 0 Å². The van der Waals surface area contributed by atoms with Gasteiger partial charge in [0, 0.05) is 5.39 Å². The summed E-state index contributed by atoms with van der Waals surface area (Å²) in [7, 11) is 0. The van der Waals surface area contributed by atoms with Crippen LogP contribution in [0.1, 0.15) is 17.3 Å². The summed E-state index contributed by atoms with van der Waals surface area (Å²) in [5, 5.41) is 4.32. The van der Waals surface area contributed by atoms with Gasteiger partial charge >= 0.3 is 0 Å². The number of hydrogen-bond acceptors (Lipinski definition) is 3. The Balaban J connectivity index is 1.48. The Morgan fingerprint density at radius 2 is 1.41 bits per heavy atom. The number of hydrogen-bond donors (Lipinski definition) is 0. The van der Waals surface area contributed by atoms with Crippen LogP contribution in [0.3, 0.4) is 0 Å².